The predicted molar refractivity (Wildman–Crippen MR) is 108 cm³/mol. The summed E-state index contributed by atoms with van der Waals surface area (Å²) in [7, 11) is 0. The Bertz CT molecular complexity index is 680. The van der Waals surface area contributed by atoms with Crippen molar-refractivity contribution in [2.75, 3.05) is 26.4 Å². The third-order valence-electron chi connectivity index (χ3n) is 6.96. The maximum Gasteiger partial charge on any atom is 0.162 e. The van der Waals surface area contributed by atoms with E-state index in [1.165, 1.54) is 22.3 Å². The van der Waals surface area contributed by atoms with E-state index in [1.807, 2.05) is 27.7 Å². The van der Waals surface area contributed by atoms with Gasteiger partial charge >= 0.3 is 0 Å². The van der Waals surface area contributed by atoms with Crippen molar-refractivity contribution in [3.63, 3.8) is 0 Å². The van der Waals surface area contributed by atoms with Crippen molar-refractivity contribution < 1.29 is 18.9 Å². The third-order valence-corrected chi connectivity index (χ3v) is 6.96. The summed E-state index contributed by atoms with van der Waals surface area (Å²) >= 11 is 0. The second-order valence-corrected chi connectivity index (χ2v) is 10.4. The Morgan fingerprint density at radius 1 is 0.500 bits per heavy atom. The molecule has 0 atom stereocenters. The summed E-state index contributed by atoms with van der Waals surface area (Å²) in [6.45, 7) is 11.1. The van der Waals surface area contributed by atoms with E-state index in [0.717, 1.165) is 52.1 Å². The van der Waals surface area contributed by atoms with E-state index in [4.69, 9.17) is 18.9 Å². The fraction of sp³-hybridized carbons (Fsp3) is 0.667. The molecular formula is C24H32O4. The average Bonchev–Trinajstić information content (AvgIpc) is 3.15. The van der Waals surface area contributed by atoms with Crippen LogP contribution in [0.3, 0.4) is 0 Å². The molecule has 0 N–H and O–H groups in total. The minimum Gasteiger partial charge on any atom is -0.350 e. The van der Waals surface area contributed by atoms with Gasteiger partial charge in [-0.15, -0.1) is 0 Å². The first-order valence-corrected chi connectivity index (χ1v) is 10.5. The minimum atomic E-state index is -0.455. The Labute approximate surface area is 168 Å². The molecule has 2 saturated heterocycles. The maximum absolute atomic E-state index is 6.00. The summed E-state index contributed by atoms with van der Waals surface area (Å²) in [4.78, 5) is 0. The normalized spacial score (nSPS) is 34.1. The molecule has 0 saturated carbocycles. The summed E-state index contributed by atoms with van der Waals surface area (Å²) in [5, 5.41) is 0. The van der Waals surface area contributed by atoms with Crippen molar-refractivity contribution in [3.05, 3.63) is 46.6 Å². The fourth-order valence-electron chi connectivity index (χ4n) is 5.14. The standard InChI is InChI=1S/C24H32O4/c1-21(2)25-13-23(14-26-21)9-17-5-7-19-11-24(15-27-22(3,4)28-16-24)12-20(19)8-6-18(17)10-23/h5-8H,9-16H2,1-4H3/b7-5-,8-6-,17-5?,18-6?,19-7?,20-8?. The van der Waals surface area contributed by atoms with Crippen molar-refractivity contribution in [1.82, 2.24) is 0 Å². The first-order chi connectivity index (χ1) is 13.2. The summed E-state index contributed by atoms with van der Waals surface area (Å²) < 4.78 is 24.0. The molecule has 28 heavy (non-hydrogen) atoms. The van der Waals surface area contributed by atoms with Crippen molar-refractivity contribution >= 4 is 0 Å². The number of allylic oxidation sites excluding steroid dienone is 8. The largest absolute Gasteiger partial charge is 0.350 e. The van der Waals surface area contributed by atoms with Crippen molar-refractivity contribution in [1.29, 1.82) is 0 Å². The van der Waals surface area contributed by atoms with Crippen molar-refractivity contribution in [3.8, 4) is 0 Å². The minimum absolute atomic E-state index is 0.0987. The molecule has 3 aliphatic carbocycles. The second-order valence-electron chi connectivity index (χ2n) is 10.4. The maximum atomic E-state index is 6.00. The number of ether oxygens (including phenoxy) is 4. The van der Waals surface area contributed by atoms with Crippen LogP contribution < -0.4 is 0 Å². The zero-order valence-corrected chi connectivity index (χ0v) is 17.6. The van der Waals surface area contributed by atoms with Crippen LogP contribution in [0.15, 0.2) is 46.6 Å². The highest BCUT2D eigenvalue weighted by atomic mass is 16.7. The molecule has 0 bridgehead atoms. The number of rotatable bonds is 0. The van der Waals surface area contributed by atoms with Gasteiger partial charge in [0.1, 0.15) is 0 Å². The molecule has 2 heterocycles. The molecule has 0 amide bonds. The van der Waals surface area contributed by atoms with Crippen LogP contribution in [0.1, 0.15) is 53.4 Å². The lowest BCUT2D eigenvalue weighted by molar-refractivity contribution is -0.283. The molecule has 2 fully saturated rings. The van der Waals surface area contributed by atoms with Gasteiger partial charge in [0.05, 0.1) is 26.4 Å². The Kier molecular flexibility index (Phi) is 4.13. The monoisotopic (exact) mass is 384 g/mol. The van der Waals surface area contributed by atoms with Gasteiger partial charge in [0.15, 0.2) is 11.6 Å². The predicted octanol–water partition coefficient (Wildman–Crippen LogP) is 4.83. The molecular weight excluding hydrogens is 352 g/mol. The van der Waals surface area contributed by atoms with E-state index >= 15 is 0 Å². The van der Waals surface area contributed by atoms with Crippen LogP contribution in [0.25, 0.3) is 0 Å². The van der Waals surface area contributed by atoms with Crippen LogP contribution in [0, 0.1) is 10.8 Å². The average molecular weight is 385 g/mol. The lowest BCUT2D eigenvalue weighted by Gasteiger charge is -2.41. The lowest BCUT2D eigenvalue weighted by atomic mass is 9.83. The first kappa shape index (κ1) is 18.8. The Hall–Kier alpha value is -1.20. The van der Waals surface area contributed by atoms with Gasteiger partial charge < -0.3 is 18.9 Å². The van der Waals surface area contributed by atoms with Gasteiger partial charge in [0, 0.05) is 10.8 Å². The molecule has 0 radical (unpaired) electrons. The van der Waals surface area contributed by atoms with Gasteiger partial charge in [-0.2, -0.15) is 0 Å². The lowest BCUT2D eigenvalue weighted by Crippen LogP contribution is -2.45. The zero-order valence-electron chi connectivity index (χ0n) is 17.6. The topological polar surface area (TPSA) is 36.9 Å². The molecule has 2 aliphatic heterocycles. The van der Waals surface area contributed by atoms with Crippen LogP contribution in [0.4, 0.5) is 0 Å². The third kappa shape index (κ3) is 3.35. The highest BCUT2D eigenvalue weighted by Gasteiger charge is 2.46. The van der Waals surface area contributed by atoms with Gasteiger partial charge in [-0.25, -0.2) is 0 Å². The van der Waals surface area contributed by atoms with Crippen LogP contribution in [0.2, 0.25) is 0 Å². The molecule has 5 rings (SSSR count). The van der Waals surface area contributed by atoms with E-state index in [1.54, 1.807) is 0 Å². The molecule has 2 spiro atoms. The molecule has 0 aromatic rings. The Balaban J connectivity index is 1.30. The SMILES string of the molecule is CC1(C)OCC2(CO1)CC1=C(/C=C\C3=C(/C=C\1)CC1(COC(C)(C)OC1)C3)C2. The highest BCUT2D eigenvalue weighted by molar-refractivity contribution is 5.50. The summed E-state index contributed by atoms with van der Waals surface area (Å²) in [6.07, 6.45) is 13.5. The molecule has 0 aromatic carbocycles. The highest BCUT2D eigenvalue weighted by Crippen LogP contribution is 2.50. The van der Waals surface area contributed by atoms with Gasteiger partial charge in [-0.3, -0.25) is 0 Å². The summed E-state index contributed by atoms with van der Waals surface area (Å²) in [6, 6.07) is 0. The second kappa shape index (κ2) is 6.15. The fourth-order valence-corrected chi connectivity index (χ4v) is 5.14. The van der Waals surface area contributed by atoms with Gasteiger partial charge in [-0.1, -0.05) is 24.3 Å². The van der Waals surface area contributed by atoms with Crippen LogP contribution in [0.5, 0.6) is 0 Å². The molecule has 4 nitrogen and oxygen atoms in total. The summed E-state index contributed by atoms with van der Waals surface area (Å²) in [5.41, 5.74) is 5.95. The Morgan fingerprint density at radius 3 is 1.00 bits per heavy atom. The van der Waals surface area contributed by atoms with E-state index in [2.05, 4.69) is 24.3 Å². The Morgan fingerprint density at radius 2 is 0.750 bits per heavy atom. The molecule has 152 valence electrons. The van der Waals surface area contributed by atoms with Gasteiger partial charge in [0.25, 0.3) is 0 Å². The molecule has 5 aliphatic rings. The summed E-state index contributed by atoms with van der Waals surface area (Å²) in [5.74, 6) is -0.910. The van der Waals surface area contributed by atoms with E-state index in [0.29, 0.717) is 0 Å². The quantitative estimate of drug-likeness (QED) is 0.599. The van der Waals surface area contributed by atoms with Crippen LogP contribution in [-0.2, 0) is 18.9 Å². The van der Waals surface area contributed by atoms with Crippen molar-refractivity contribution in [2.24, 2.45) is 10.8 Å². The van der Waals surface area contributed by atoms with E-state index in [9.17, 15) is 0 Å². The van der Waals surface area contributed by atoms with Crippen LogP contribution in [-0.4, -0.2) is 38.0 Å². The smallest absolute Gasteiger partial charge is 0.162 e. The molecule has 0 aromatic heterocycles. The van der Waals surface area contributed by atoms with E-state index in [-0.39, 0.29) is 10.8 Å². The van der Waals surface area contributed by atoms with Gasteiger partial charge in [-0.05, 0) is 75.7 Å². The molecule has 0 unspecified atom stereocenters. The first-order valence-electron chi connectivity index (χ1n) is 10.5. The van der Waals surface area contributed by atoms with Gasteiger partial charge in [0.2, 0.25) is 0 Å². The van der Waals surface area contributed by atoms with Crippen molar-refractivity contribution in [2.45, 2.75) is 65.0 Å². The van der Waals surface area contributed by atoms with E-state index < -0.39 is 11.6 Å². The number of hydrogen-bond donors (Lipinski definition) is 0. The molecule has 4 heteroatoms. The number of hydrogen-bond acceptors (Lipinski definition) is 4. The zero-order chi connectivity index (χ0) is 19.6. The van der Waals surface area contributed by atoms with Crippen LogP contribution >= 0.6 is 0 Å².